The van der Waals surface area contributed by atoms with Crippen LogP contribution in [-0.4, -0.2) is 42.9 Å². The Morgan fingerprint density at radius 3 is 2.46 bits per heavy atom. The highest BCUT2D eigenvalue weighted by atomic mass is 16.5. The van der Waals surface area contributed by atoms with Gasteiger partial charge in [0.2, 0.25) is 0 Å². The van der Waals surface area contributed by atoms with Gasteiger partial charge in [-0.3, -0.25) is 9.59 Å². The van der Waals surface area contributed by atoms with Crippen LogP contribution in [0, 0.1) is 0 Å². The van der Waals surface area contributed by atoms with Crippen molar-refractivity contribution in [2.45, 2.75) is 25.9 Å². The highest BCUT2D eigenvalue weighted by Gasteiger charge is 2.24. The number of ketones is 1. The maximum Gasteiger partial charge on any atom is 0.251 e. The lowest BCUT2D eigenvalue weighted by atomic mass is 10.1. The minimum atomic E-state index is -0.395. The van der Waals surface area contributed by atoms with E-state index in [0.29, 0.717) is 25.9 Å². The number of Topliss-reactive ketones (excluding diaryl/α,β-unsaturated/α-hetero) is 1. The lowest BCUT2D eigenvalue weighted by Gasteiger charge is -2.27. The summed E-state index contributed by atoms with van der Waals surface area (Å²) in [6.07, 6.45) is 0.581. The third-order valence-corrected chi connectivity index (χ3v) is 2.33. The topological polar surface area (TPSA) is 46.6 Å². The Morgan fingerprint density at radius 2 is 2.00 bits per heavy atom. The number of likely N-dealkylation sites (tertiary alicyclic amines) is 1. The molecule has 1 atom stereocenters. The summed E-state index contributed by atoms with van der Waals surface area (Å²) in [6.45, 7) is 2.81. The summed E-state index contributed by atoms with van der Waals surface area (Å²) in [5.41, 5.74) is 0. The molecule has 1 unspecified atom stereocenters. The first-order valence-electron chi connectivity index (χ1n) is 4.48. The summed E-state index contributed by atoms with van der Waals surface area (Å²) in [4.78, 5) is 24.1. The molecular weight excluding hydrogens is 170 g/mol. The van der Waals surface area contributed by atoms with E-state index >= 15 is 0 Å². The Labute approximate surface area is 77.8 Å². The highest BCUT2D eigenvalue weighted by Crippen LogP contribution is 2.08. The van der Waals surface area contributed by atoms with Gasteiger partial charge in [-0.25, -0.2) is 0 Å². The van der Waals surface area contributed by atoms with E-state index in [1.807, 2.05) is 0 Å². The molecule has 1 fully saturated rings. The van der Waals surface area contributed by atoms with Crippen molar-refractivity contribution >= 4 is 11.7 Å². The van der Waals surface area contributed by atoms with E-state index in [0.717, 1.165) is 0 Å². The molecule has 0 aromatic rings. The minimum absolute atomic E-state index is 0.0185. The fourth-order valence-corrected chi connectivity index (χ4v) is 1.33. The summed E-state index contributed by atoms with van der Waals surface area (Å²) in [7, 11) is 1.51. The molecule has 0 aliphatic carbocycles. The second kappa shape index (κ2) is 4.37. The van der Waals surface area contributed by atoms with Gasteiger partial charge in [0.25, 0.3) is 5.91 Å². The number of hydrogen-bond acceptors (Lipinski definition) is 3. The van der Waals surface area contributed by atoms with Crippen LogP contribution in [0.5, 0.6) is 0 Å². The maximum atomic E-state index is 11.5. The van der Waals surface area contributed by atoms with Crippen LogP contribution in [0.25, 0.3) is 0 Å². The molecule has 0 spiro atoms. The van der Waals surface area contributed by atoms with Crippen LogP contribution >= 0.6 is 0 Å². The minimum Gasteiger partial charge on any atom is -0.372 e. The second-order valence-electron chi connectivity index (χ2n) is 3.24. The molecule has 4 nitrogen and oxygen atoms in total. The first kappa shape index (κ1) is 10.2. The normalized spacial score (nSPS) is 20.2. The van der Waals surface area contributed by atoms with E-state index in [9.17, 15) is 9.59 Å². The van der Waals surface area contributed by atoms with Crippen LogP contribution in [-0.2, 0) is 14.3 Å². The third-order valence-electron chi connectivity index (χ3n) is 2.33. The zero-order valence-electron chi connectivity index (χ0n) is 8.08. The number of methoxy groups -OCH3 is 1. The molecular formula is C9H15NO3. The summed E-state index contributed by atoms with van der Waals surface area (Å²) in [6, 6.07) is 0. The molecule has 1 aliphatic rings. The molecule has 0 saturated carbocycles. The number of rotatable bonds is 2. The third kappa shape index (κ3) is 2.52. The predicted molar refractivity (Wildman–Crippen MR) is 47.3 cm³/mol. The standard InChI is InChI=1S/C9H15NO3/c1-7(13-2)9(12)10-5-3-8(11)4-6-10/h7H,3-6H2,1-2H3. The number of hydrogen-bond donors (Lipinski definition) is 0. The van der Waals surface area contributed by atoms with Gasteiger partial charge in [0.1, 0.15) is 11.9 Å². The zero-order valence-corrected chi connectivity index (χ0v) is 8.08. The molecule has 1 aliphatic heterocycles. The Bertz CT molecular complexity index is 205. The van der Waals surface area contributed by atoms with Crippen LogP contribution in [0.3, 0.4) is 0 Å². The molecule has 1 saturated heterocycles. The van der Waals surface area contributed by atoms with Crippen molar-refractivity contribution in [1.29, 1.82) is 0 Å². The van der Waals surface area contributed by atoms with Gasteiger partial charge in [-0.1, -0.05) is 0 Å². The van der Waals surface area contributed by atoms with E-state index in [1.54, 1.807) is 11.8 Å². The smallest absolute Gasteiger partial charge is 0.251 e. The van der Waals surface area contributed by atoms with Crippen LogP contribution in [0.1, 0.15) is 19.8 Å². The average Bonchev–Trinajstić information content (AvgIpc) is 2.17. The molecule has 74 valence electrons. The summed E-state index contributed by atoms with van der Waals surface area (Å²) >= 11 is 0. The Morgan fingerprint density at radius 1 is 1.46 bits per heavy atom. The van der Waals surface area contributed by atoms with Gasteiger partial charge in [0.05, 0.1) is 0 Å². The van der Waals surface area contributed by atoms with Crippen molar-refractivity contribution < 1.29 is 14.3 Å². The molecule has 1 amide bonds. The number of carbonyl (C=O) groups is 2. The number of amides is 1. The van der Waals surface area contributed by atoms with Crippen molar-refractivity contribution in [2.24, 2.45) is 0 Å². The monoisotopic (exact) mass is 185 g/mol. The first-order chi connectivity index (χ1) is 6.15. The van der Waals surface area contributed by atoms with Crippen molar-refractivity contribution in [3.8, 4) is 0 Å². The summed E-state index contributed by atoms with van der Waals surface area (Å²) in [5.74, 6) is 0.226. The fourth-order valence-electron chi connectivity index (χ4n) is 1.33. The van der Waals surface area contributed by atoms with E-state index in [1.165, 1.54) is 7.11 Å². The number of carbonyl (C=O) groups excluding carboxylic acids is 2. The van der Waals surface area contributed by atoms with Crippen LogP contribution in [0.15, 0.2) is 0 Å². The second-order valence-corrected chi connectivity index (χ2v) is 3.24. The fraction of sp³-hybridized carbons (Fsp3) is 0.778. The summed E-state index contributed by atoms with van der Waals surface area (Å²) < 4.78 is 4.92. The van der Waals surface area contributed by atoms with Gasteiger partial charge >= 0.3 is 0 Å². The Balaban J connectivity index is 2.44. The molecule has 1 heterocycles. The summed E-state index contributed by atoms with van der Waals surface area (Å²) in [5, 5.41) is 0. The van der Waals surface area contributed by atoms with Gasteiger partial charge in [-0.2, -0.15) is 0 Å². The average molecular weight is 185 g/mol. The SMILES string of the molecule is COC(C)C(=O)N1CCC(=O)CC1. The molecule has 0 aromatic heterocycles. The highest BCUT2D eigenvalue weighted by molar-refractivity contribution is 5.85. The van der Waals surface area contributed by atoms with Gasteiger partial charge < -0.3 is 9.64 Å². The van der Waals surface area contributed by atoms with E-state index < -0.39 is 6.10 Å². The van der Waals surface area contributed by atoms with Gasteiger partial charge in [-0.15, -0.1) is 0 Å². The van der Waals surface area contributed by atoms with E-state index in [2.05, 4.69) is 0 Å². The lowest BCUT2D eigenvalue weighted by molar-refractivity contribution is -0.143. The van der Waals surface area contributed by atoms with Crippen LogP contribution in [0.2, 0.25) is 0 Å². The predicted octanol–water partition coefficient (Wildman–Crippen LogP) is 0.213. The first-order valence-corrected chi connectivity index (χ1v) is 4.48. The van der Waals surface area contributed by atoms with E-state index in [-0.39, 0.29) is 11.7 Å². The molecule has 1 rings (SSSR count). The van der Waals surface area contributed by atoms with Gasteiger partial charge in [-0.05, 0) is 6.92 Å². The molecule has 0 radical (unpaired) electrons. The van der Waals surface area contributed by atoms with Crippen molar-refractivity contribution in [3.05, 3.63) is 0 Å². The number of ether oxygens (including phenoxy) is 1. The van der Waals surface area contributed by atoms with Crippen LogP contribution < -0.4 is 0 Å². The molecule has 0 bridgehead atoms. The number of piperidine rings is 1. The lowest BCUT2D eigenvalue weighted by Crippen LogP contribution is -2.43. The van der Waals surface area contributed by atoms with E-state index in [4.69, 9.17) is 4.74 Å². The molecule has 0 N–H and O–H groups in total. The van der Waals surface area contributed by atoms with Crippen molar-refractivity contribution in [1.82, 2.24) is 4.90 Å². The molecule has 0 aromatic carbocycles. The Kier molecular flexibility index (Phi) is 3.42. The maximum absolute atomic E-state index is 11.5. The van der Waals surface area contributed by atoms with Crippen molar-refractivity contribution in [3.63, 3.8) is 0 Å². The molecule has 4 heteroatoms. The number of nitrogens with zero attached hydrogens (tertiary/aromatic N) is 1. The van der Waals surface area contributed by atoms with Crippen LogP contribution in [0.4, 0.5) is 0 Å². The van der Waals surface area contributed by atoms with Crippen molar-refractivity contribution in [2.75, 3.05) is 20.2 Å². The largest absolute Gasteiger partial charge is 0.372 e. The Hall–Kier alpha value is -0.900. The van der Waals surface area contributed by atoms with Gasteiger partial charge in [0.15, 0.2) is 0 Å². The van der Waals surface area contributed by atoms with Gasteiger partial charge in [0, 0.05) is 33.0 Å². The zero-order chi connectivity index (χ0) is 9.84. The molecule has 13 heavy (non-hydrogen) atoms. The quantitative estimate of drug-likeness (QED) is 0.618.